The van der Waals surface area contributed by atoms with Crippen molar-refractivity contribution >= 4 is 17.4 Å². The summed E-state index contributed by atoms with van der Waals surface area (Å²) in [5, 5.41) is 0. The van der Waals surface area contributed by atoms with E-state index < -0.39 is 0 Å². The monoisotopic (exact) mass is 286 g/mol. The summed E-state index contributed by atoms with van der Waals surface area (Å²) in [5.74, 6) is 0. The zero-order valence-electron chi connectivity index (χ0n) is 12.4. The van der Waals surface area contributed by atoms with Crippen LogP contribution in [0, 0.1) is 6.92 Å². The van der Waals surface area contributed by atoms with E-state index in [2.05, 4.69) is 67.6 Å². The van der Waals surface area contributed by atoms with Crippen LogP contribution in [-0.2, 0) is 13.1 Å². The molecule has 0 aliphatic heterocycles. The predicted octanol–water partition coefficient (Wildman–Crippen LogP) is 3.81. The topological polar surface area (TPSA) is 29.3 Å². The van der Waals surface area contributed by atoms with Crippen LogP contribution in [0.1, 0.15) is 16.7 Å². The van der Waals surface area contributed by atoms with Crippen molar-refractivity contribution in [1.29, 1.82) is 0 Å². The fraction of sp³-hybridized carbons (Fsp3) is 0.294. The lowest BCUT2D eigenvalue weighted by atomic mass is 10.1. The Morgan fingerprint density at radius 2 is 1.90 bits per heavy atom. The van der Waals surface area contributed by atoms with Crippen molar-refractivity contribution in [3.05, 3.63) is 59.2 Å². The third-order valence-electron chi connectivity index (χ3n) is 3.45. The van der Waals surface area contributed by atoms with E-state index in [0.717, 1.165) is 6.54 Å². The van der Waals surface area contributed by atoms with Gasteiger partial charge in [-0.2, -0.15) is 0 Å². The molecule has 2 aromatic rings. The smallest absolute Gasteiger partial charge is 0.0426 e. The lowest BCUT2D eigenvalue weighted by molar-refractivity contribution is 0.893. The molecule has 0 aliphatic carbocycles. The third-order valence-corrected chi connectivity index (χ3v) is 4.27. The van der Waals surface area contributed by atoms with Gasteiger partial charge in [0.15, 0.2) is 0 Å². The number of thioether (sulfide) groups is 1. The molecule has 20 heavy (non-hydrogen) atoms. The molecule has 0 amide bonds. The second-order valence-corrected chi connectivity index (χ2v) is 5.86. The highest BCUT2D eigenvalue weighted by Crippen LogP contribution is 2.29. The van der Waals surface area contributed by atoms with Crippen molar-refractivity contribution in [2.45, 2.75) is 24.9 Å². The molecule has 0 atom stereocenters. The first kappa shape index (κ1) is 14.9. The number of anilines is 1. The Balaban J connectivity index is 2.27. The number of hydrogen-bond donors (Lipinski definition) is 1. The maximum atomic E-state index is 5.94. The van der Waals surface area contributed by atoms with Crippen LogP contribution in [-0.4, -0.2) is 13.3 Å². The zero-order valence-corrected chi connectivity index (χ0v) is 13.2. The molecule has 0 fully saturated rings. The Bertz CT molecular complexity index is 581. The van der Waals surface area contributed by atoms with Gasteiger partial charge in [0.25, 0.3) is 0 Å². The summed E-state index contributed by atoms with van der Waals surface area (Å²) in [6.07, 6.45) is 2.10. The van der Waals surface area contributed by atoms with E-state index in [1.165, 1.54) is 27.3 Å². The largest absolute Gasteiger partial charge is 0.370 e. The van der Waals surface area contributed by atoms with E-state index >= 15 is 0 Å². The molecule has 0 radical (unpaired) electrons. The quantitative estimate of drug-likeness (QED) is 0.847. The fourth-order valence-electron chi connectivity index (χ4n) is 2.48. The average Bonchev–Trinajstić information content (AvgIpc) is 2.46. The lowest BCUT2D eigenvalue weighted by Crippen LogP contribution is -2.19. The molecule has 0 aromatic heterocycles. The van der Waals surface area contributed by atoms with Crippen molar-refractivity contribution < 1.29 is 0 Å². The Morgan fingerprint density at radius 1 is 1.15 bits per heavy atom. The predicted molar refractivity (Wildman–Crippen MR) is 89.4 cm³/mol. The number of hydrogen-bond acceptors (Lipinski definition) is 3. The number of rotatable bonds is 5. The van der Waals surface area contributed by atoms with Crippen LogP contribution in [0.2, 0.25) is 0 Å². The van der Waals surface area contributed by atoms with Gasteiger partial charge in [-0.25, -0.2) is 0 Å². The van der Waals surface area contributed by atoms with Crippen molar-refractivity contribution in [2.24, 2.45) is 5.73 Å². The molecular formula is C17H22N2S. The summed E-state index contributed by atoms with van der Waals surface area (Å²) in [4.78, 5) is 3.54. The van der Waals surface area contributed by atoms with Gasteiger partial charge in [0, 0.05) is 36.3 Å². The highest BCUT2D eigenvalue weighted by atomic mass is 32.2. The van der Waals surface area contributed by atoms with Crippen LogP contribution in [0.25, 0.3) is 0 Å². The molecule has 0 saturated carbocycles. The highest BCUT2D eigenvalue weighted by Gasteiger charge is 2.10. The molecule has 2 aromatic carbocycles. The highest BCUT2D eigenvalue weighted by molar-refractivity contribution is 7.98. The number of benzene rings is 2. The maximum absolute atomic E-state index is 5.94. The van der Waals surface area contributed by atoms with Crippen LogP contribution >= 0.6 is 11.8 Å². The fourth-order valence-corrected chi connectivity index (χ4v) is 3.13. The van der Waals surface area contributed by atoms with Crippen molar-refractivity contribution in [1.82, 2.24) is 0 Å². The Kier molecular flexibility index (Phi) is 5.10. The van der Waals surface area contributed by atoms with Crippen molar-refractivity contribution in [3.8, 4) is 0 Å². The minimum absolute atomic E-state index is 0.574. The SMILES string of the molecule is CSc1cccc(N(C)Cc2cccc(C)c2)c1CN. The van der Waals surface area contributed by atoms with Gasteiger partial charge in [0.2, 0.25) is 0 Å². The summed E-state index contributed by atoms with van der Waals surface area (Å²) >= 11 is 1.75. The van der Waals surface area contributed by atoms with E-state index in [1.54, 1.807) is 11.8 Å². The van der Waals surface area contributed by atoms with E-state index in [9.17, 15) is 0 Å². The van der Waals surface area contributed by atoms with E-state index in [0.29, 0.717) is 6.54 Å². The summed E-state index contributed by atoms with van der Waals surface area (Å²) < 4.78 is 0. The molecule has 3 heteroatoms. The standard InChI is InChI=1S/C17H22N2S/c1-13-6-4-7-14(10-13)12-19(2)16-8-5-9-17(20-3)15(16)11-18/h4-10H,11-12,18H2,1-3H3. The minimum atomic E-state index is 0.574. The molecule has 0 unspecified atom stereocenters. The summed E-state index contributed by atoms with van der Waals surface area (Å²) in [5.41, 5.74) is 11.0. The van der Waals surface area contributed by atoms with Gasteiger partial charge in [0.1, 0.15) is 0 Å². The Labute approximate surface area is 126 Å². The first-order valence-electron chi connectivity index (χ1n) is 6.78. The summed E-state index contributed by atoms with van der Waals surface area (Å²) in [7, 11) is 2.13. The molecule has 0 spiro atoms. The van der Waals surface area contributed by atoms with Gasteiger partial charge in [0.05, 0.1) is 0 Å². The first-order chi connectivity index (χ1) is 9.65. The Morgan fingerprint density at radius 3 is 2.55 bits per heavy atom. The van der Waals surface area contributed by atoms with Gasteiger partial charge < -0.3 is 10.6 Å². The summed E-state index contributed by atoms with van der Waals surface area (Å²) in [6.45, 7) is 3.60. The van der Waals surface area contributed by atoms with Gasteiger partial charge in [-0.05, 0) is 30.9 Å². The zero-order chi connectivity index (χ0) is 14.5. The molecule has 2 N–H and O–H groups in total. The molecule has 0 aliphatic rings. The van der Waals surface area contributed by atoms with E-state index in [4.69, 9.17) is 5.73 Å². The molecule has 0 bridgehead atoms. The van der Waals surface area contributed by atoms with Gasteiger partial charge >= 0.3 is 0 Å². The van der Waals surface area contributed by atoms with Gasteiger partial charge in [-0.15, -0.1) is 11.8 Å². The molecule has 0 saturated heterocycles. The molecule has 106 valence electrons. The minimum Gasteiger partial charge on any atom is -0.370 e. The van der Waals surface area contributed by atoms with Crippen molar-refractivity contribution in [3.63, 3.8) is 0 Å². The molecule has 2 nitrogen and oxygen atoms in total. The lowest BCUT2D eigenvalue weighted by Gasteiger charge is -2.24. The van der Waals surface area contributed by atoms with Crippen molar-refractivity contribution in [2.75, 3.05) is 18.2 Å². The molecule has 2 rings (SSSR count). The number of nitrogens with two attached hydrogens (primary N) is 1. The second-order valence-electron chi connectivity index (χ2n) is 5.01. The number of nitrogens with zero attached hydrogens (tertiary/aromatic N) is 1. The van der Waals surface area contributed by atoms with Gasteiger partial charge in [-0.3, -0.25) is 0 Å². The first-order valence-corrected chi connectivity index (χ1v) is 8.00. The van der Waals surface area contributed by atoms with Crippen LogP contribution in [0.15, 0.2) is 47.4 Å². The average molecular weight is 286 g/mol. The third kappa shape index (κ3) is 3.35. The van der Waals surface area contributed by atoms with Gasteiger partial charge in [-0.1, -0.05) is 35.9 Å². The molecule has 0 heterocycles. The number of aryl methyl sites for hydroxylation is 1. The normalized spacial score (nSPS) is 10.6. The van der Waals surface area contributed by atoms with Crippen LogP contribution in [0.5, 0.6) is 0 Å². The van der Waals surface area contributed by atoms with Crippen LogP contribution in [0.4, 0.5) is 5.69 Å². The van der Waals surface area contributed by atoms with E-state index in [-0.39, 0.29) is 0 Å². The van der Waals surface area contributed by atoms with E-state index in [1.807, 2.05) is 0 Å². The van der Waals surface area contributed by atoms with Crippen LogP contribution in [0.3, 0.4) is 0 Å². The second kappa shape index (κ2) is 6.82. The summed E-state index contributed by atoms with van der Waals surface area (Å²) in [6, 6.07) is 15.0. The Hall–Kier alpha value is -1.45. The van der Waals surface area contributed by atoms with Crippen LogP contribution < -0.4 is 10.6 Å². The molecular weight excluding hydrogens is 264 g/mol. The maximum Gasteiger partial charge on any atom is 0.0426 e.